The maximum absolute atomic E-state index is 14.0. The van der Waals surface area contributed by atoms with Gasteiger partial charge in [-0.05, 0) is 30.7 Å². The van der Waals surface area contributed by atoms with Crippen LogP contribution in [0, 0.1) is 5.82 Å². The molecule has 0 N–H and O–H groups in total. The van der Waals surface area contributed by atoms with E-state index in [4.69, 9.17) is 16.3 Å². The standard InChI is InChI=1S/C19H18ClFN2O2S/c1-25-11-5-10-23-18(24)13-6-2-3-9-17(13)22-19(23)26-12-14-15(20)7-4-8-16(14)21/h2-4,6-9H,5,10-12H2,1H3. The van der Waals surface area contributed by atoms with Crippen molar-refractivity contribution in [3.63, 3.8) is 0 Å². The summed E-state index contributed by atoms with van der Waals surface area (Å²) in [5.74, 6) is -0.0697. The highest BCUT2D eigenvalue weighted by Gasteiger charge is 2.14. The average molecular weight is 393 g/mol. The molecule has 7 heteroatoms. The zero-order valence-corrected chi connectivity index (χ0v) is 15.8. The second-order valence-electron chi connectivity index (χ2n) is 5.70. The second-order valence-corrected chi connectivity index (χ2v) is 7.05. The van der Waals surface area contributed by atoms with E-state index in [-0.39, 0.29) is 11.4 Å². The maximum Gasteiger partial charge on any atom is 0.262 e. The van der Waals surface area contributed by atoms with Gasteiger partial charge in [0.2, 0.25) is 0 Å². The van der Waals surface area contributed by atoms with Crippen LogP contribution in [-0.2, 0) is 17.0 Å². The second kappa shape index (κ2) is 8.66. The van der Waals surface area contributed by atoms with E-state index < -0.39 is 0 Å². The fourth-order valence-corrected chi connectivity index (χ4v) is 4.00. The molecule has 0 fully saturated rings. The van der Waals surface area contributed by atoms with Crippen LogP contribution >= 0.6 is 23.4 Å². The first-order valence-electron chi connectivity index (χ1n) is 8.16. The van der Waals surface area contributed by atoms with Crippen LogP contribution in [0.2, 0.25) is 5.02 Å². The number of aromatic nitrogens is 2. The molecule has 0 unspecified atom stereocenters. The lowest BCUT2D eigenvalue weighted by Crippen LogP contribution is -2.24. The molecule has 2 aromatic carbocycles. The van der Waals surface area contributed by atoms with E-state index >= 15 is 0 Å². The molecule has 0 aliphatic heterocycles. The summed E-state index contributed by atoms with van der Waals surface area (Å²) in [7, 11) is 1.62. The van der Waals surface area contributed by atoms with Crippen molar-refractivity contribution in [3.8, 4) is 0 Å². The Kier molecular flexibility index (Phi) is 6.29. The minimum Gasteiger partial charge on any atom is -0.385 e. The molecule has 3 aromatic rings. The number of hydrogen-bond acceptors (Lipinski definition) is 4. The normalized spacial score (nSPS) is 11.2. The zero-order valence-electron chi connectivity index (χ0n) is 14.2. The van der Waals surface area contributed by atoms with E-state index in [0.29, 0.717) is 52.0 Å². The molecule has 0 aliphatic rings. The fourth-order valence-electron chi connectivity index (χ4n) is 2.63. The van der Waals surface area contributed by atoms with Gasteiger partial charge < -0.3 is 4.74 Å². The van der Waals surface area contributed by atoms with Crippen LogP contribution < -0.4 is 5.56 Å². The number of thioether (sulfide) groups is 1. The number of rotatable bonds is 7. The van der Waals surface area contributed by atoms with E-state index in [1.807, 2.05) is 12.1 Å². The summed E-state index contributed by atoms with van der Waals surface area (Å²) in [6.45, 7) is 1.03. The van der Waals surface area contributed by atoms with Crippen molar-refractivity contribution < 1.29 is 9.13 Å². The number of benzene rings is 2. The van der Waals surface area contributed by atoms with Crippen molar-refractivity contribution in [3.05, 3.63) is 69.2 Å². The molecule has 26 heavy (non-hydrogen) atoms. The Bertz CT molecular complexity index is 957. The van der Waals surface area contributed by atoms with Crippen LogP contribution in [0.5, 0.6) is 0 Å². The first-order valence-corrected chi connectivity index (χ1v) is 9.52. The molecule has 3 rings (SSSR count). The Hall–Kier alpha value is -1.89. The van der Waals surface area contributed by atoms with Crippen molar-refractivity contribution in [2.45, 2.75) is 23.9 Å². The molecule has 0 radical (unpaired) electrons. The molecule has 136 valence electrons. The molecule has 0 saturated carbocycles. The largest absolute Gasteiger partial charge is 0.385 e. The van der Waals surface area contributed by atoms with Crippen LogP contribution in [0.15, 0.2) is 52.4 Å². The first-order chi connectivity index (χ1) is 12.6. The molecule has 0 atom stereocenters. The summed E-state index contributed by atoms with van der Waals surface area (Å²) in [6, 6.07) is 11.8. The Morgan fingerprint density at radius 1 is 1.23 bits per heavy atom. The van der Waals surface area contributed by atoms with Crippen LogP contribution in [0.25, 0.3) is 10.9 Å². The van der Waals surface area contributed by atoms with Gasteiger partial charge in [0.1, 0.15) is 5.82 Å². The molecule has 4 nitrogen and oxygen atoms in total. The number of methoxy groups -OCH3 is 1. The quantitative estimate of drug-likeness (QED) is 0.337. The molecule has 0 spiro atoms. The Labute approximate surface area is 160 Å². The topological polar surface area (TPSA) is 44.1 Å². The van der Waals surface area contributed by atoms with Crippen molar-refractivity contribution in [2.24, 2.45) is 0 Å². The van der Waals surface area contributed by atoms with Crippen molar-refractivity contribution in [2.75, 3.05) is 13.7 Å². The van der Waals surface area contributed by atoms with Gasteiger partial charge >= 0.3 is 0 Å². The van der Waals surface area contributed by atoms with E-state index in [1.54, 1.807) is 35.9 Å². The van der Waals surface area contributed by atoms with Gasteiger partial charge in [-0.1, -0.05) is 41.6 Å². The lowest BCUT2D eigenvalue weighted by atomic mass is 10.2. The summed E-state index contributed by atoms with van der Waals surface area (Å²) in [5.41, 5.74) is 0.932. The minimum absolute atomic E-state index is 0.103. The van der Waals surface area contributed by atoms with Crippen molar-refractivity contribution in [1.29, 1.82) is 0 Å². The molecule has 1 heterocycles. The summed E-state index contributed by atoms with van der Waals surface area (Å²) in [6.07, 6.45) is 0.685. The number of para-hydroxylation sites is 1. The zero-order chi connectivity index (χ0) is 18.5. The summed E-state index contributed by atoms with van der Waals surface area (Å²) in [5, 5.41) is 1.48. The summed E-state index contributed by atoms with van der Waals surface area (Å²) >= 11 is 7.41. The highest BCUT2D eigenvalue weighted by molar-refractivity contribution is 7.98. The van der Waals surface area contributed by atoms with Crippen LogP contribution in [0.3, 0.4) is 0 Å². The highest BCUT2D eigenvalue weighted by atomic mass is 35.5. The van der Waals surface area contributed by atoms with E-state index in [0.717, 1.165) is 0 Å². The highest BCUT2D eigenvalue weighted by Crippen LogP contribution is 2.28. The lowest BCUT2D eigenvalue weighted by molar-refractivity contribution is 0.189. The van der Waals surface area contributed by atoms with Gasteiger partial charge in [0.15, 0.2) is 5.16 Å². The molecule has 0 amide bonds. The molecular weight excluding hydrogens is 375 g/mol. The third-order valence-electron chi connectivity index (χ3n) is 3.96. The lowest BCUT2D eigenvalue weighted by Gasteiger charge is -2.13. The molecular formula is C19H18ClFN2O2S. The fraction of sp³-hybridized carbons (Fsp3) is 0.263. The Morgan fingerprint density at radius 2 is 2.04 bits per heavy atom. The number of hydrogen-bond donors (Lipinski definition) is 0. The maximum atomic E-state index is 14.0. The Balaban J connectivity index is 1.97. The minimum atomic E-state index is -0.362. The molecule has 1 aromatic heterocycles. The van der Waals surface area contributed by atoms with E-state index in [1.165, 1.54) is 17.8 Å². The number of ether oxygens (including phenoxy) is 1. The molecule has 0 saturated heterocycles. The number of fused-ring (bicyclic) bond motifs is 1. The Morgan fingerprint density at radius 3 is 2.81 bits per heavy atom. The van der Waals surface area contributed by atoms with Gasteiger partial charge in [-0.2, -0.15) is 0 Å². The summed E-state index contributed by atoms with van der Waals surface area (Å²) < 4.78 is 20.7. The summed E-state index contributed by atoms with van der Waals surface area (Å²) in [4.78, 5) is 17.5. The third kappa shape index (κ3) is 4.09. The van der Waals surface area contributed by atoms with Crippen LogP contribution in [0.4, 0.5) is 4.39 Å². The van der Waals surface area contributed by atoms with Gasteiger partial charge in [0, 0.05) is 36.6 Å². The van der Waals surface area contributed by atoms with Gasteiger partial charge in [-0.3, -0.25) is 9.36 Å². The monoisotopic (exact) mass is 392 g/mol. The van der Waals surface area contributed by atoms with Crippen molar-refractivity contribution in [1.82, 2.24) is 9.55 Å². The van der Waals surface area contributed by atoms with E-state index in [9.17, 15) is 9.18 Å². The number of nitrogens with zero attached hydrogens (tertiary/aromatic N) is 2. The number of halogens is 2. The SMILES string of the molecule is COCCCn1c(SCc2c(F)cccc2Cl)nc2ccccc2c1=O. The van der Waals surface area contributed by atoms with Crippen LogP contribution in [-0.4, -0.2) is 23.3 Å². The van der Waals surface area contributed by atoms with Crippen molar-refractivity contribution >= 4 is 34.3 Å². The van der Waals surface area contributed by atoms with Gasteiger partial charge in [-0.25, -0.2) is 9.37 Å². The smallest absolute Gasteiger partial charge is 0.262 e. The van der Waals surface area contributed by atoms with E-state index in [2.05, 4.69) is 4.98 Å². The van der Waals surface area contributed by atoms with Gasteiger partial charge in [0.05, 0.1) is 10.9 Å². The third-order valence-corrected chi connectivity index (χ3v) is 5.32. The average Bonchev–Trinajstić information content (AvgIpc) is 2.64. The van der Waals surface area contributed by atoms with Crippen LogP contribution in [0.1, 0.15) is 12.0 Å². The predicted molar refractivity (Wildman–Crippen MR) is 103 cm³/mol. The first kappa shape index (κ1) is 18.9. The van der Waals surface area contributed by atoms with Gasteiger partial charge in [-0.15, -0.1) is 0 Å². The molecule has 0 aliphatic carbocycles. The van der Waals surface area contributed by atoms with Gasteiger partial charge in [0.25, 0.3) is 5.56 Å². The predicted octanol–water partition coefficient (Wildman–Crippen LogP) is 4.52. The molecule has 0 bridgehead atoms.